The van der Waals surface area contributed by atoms with E-state index in [2.05, 4.69) is 6.92 Å². The fraction of sp³-hybridized carbons (Fsp3) is 0.500. The summed E-state index contributed by atoms with van der Waals surface area (Å²) in [6, 6.07) is 7.86. The monoisotopic (exact) mass is 264 g/mol. The maximum absolute atomic E-state index is 6.12. The Labute approximate surface area is 107 Å². The van der Waals surface area contributed by atoms with Crippen LogP contribution in [0.2, 0.25) is 5.02 Å². The van der Waals surface area contributed by atoms with Crippen LogP contribution in [-0.2, 0) is 6.42 Å². The number of hydrogen-bond donors (Lipinski definition) is 0. The predicted octanol–water partition coefficient (Wildman–Crippen LogP) is 4.76. The van der Waals surface area contributed by atoms with E-state index in [-0.39, 0.29) is 5.41 Å². The van der Waals surface area contributed by atoms with E-state index in [0.29, 0.717) is 11.8 Å². The zero-order valence-corrected chi connectivity index (χ0v) is 11.0. The Morgan fingerprint density at radius 2 is 1.73 bits per heavy atom. The van der Waals surface area contributed by atoms with E-state index in [0.717, 1.165) is 23.4 Å². The maximum Gasteiger partial charge on any atom is 0.0438 e. The van der Waals surface area contributed by atoms with E-state index in [1.807, 2.05) is 24.3 Å². The summed E-state index contributed by atoms with van der Waals surface area (Å²) in [5.41, 5.74) is 1.09. The van der Waals surface area contributed by atoms with Crippen molar-refractivity contribution in [3.05, 3.63) is 34.9 Å². The highest BCUT2D eigenvalue weighted by Crippen LogP contribution is 2.32. The van der Waals surface area contributed by atoms with E-state index in [4.69, 9.17) is 34.8 Å². The highest BCUT2D eigenvalue weighted by Gasteiger charge is 2.27. The quantitative estimate of drug-likeness (QED) is 0.674. The van der Waals surface area contributed by atoms with Crippen molar-refractivity contribution in [2.45, 2.75) is 19.8 Å². The van der Waals surface area contributed by atoms with Crippen LogP contribution < -0.4 is 0 Å². The molecule has 84 valence electrons. The smallest absolute Gasteiger partial charge is 0.0438 e. The second-order valence-corrected chi connectivity index (χ2v) is 4.83. The van der Waals surface area contributed by atoms with Crippen LogP contribution in [0.15, 0.2) is 24.3 Å². The summed E-state index contributed by atoms with van der Waals surface area (Å²) in [6.07, 6.45) is 1.81. The Bertz CT molecular complexity index is 297. The molecule has 0 bridgehead atoms. The molecule has 0 spiro atoms. The lowest BCUT2D eigenvalue weighted by Gasteiger charge is -2.28. The first kappa shape index (κ1) is 13.2. The predicted molar refractivity (Wildman–Crippen MR) is 69.3 cm³/mol. The normalized spacial score (nSPS) is 11.7. The van der Waals surface area contributed by atoms with Gasteiger partial charge in [0.15, 0.2) is 0 Å². The van der Waals surface area contributed by atoms with Crippen molar-refractivity contribution in [2.75, 3.05) is 11.8 Å². The van der Waals surface area contributed by atoms with Gasteiger partial charge >= 0.3 is 0 Å². The maximum atomic E-state index is 6.12. The summed E-state index contributed by atoms with van der Waals surface area (Å²) >= 11 is 18.1. The topological polar surface area (TPSA) is 0 Å². The van der Waals surface area contributed by atoms with Gasteiger partial charge < -0.3 is 0 Å². The molecule has 1 aromatic rings. The molecule has 0 heterocycles. The molecule has 0 N–H and O–H groups in total. The minimum absolute atomic E-state index is 0.0336. The molecule has 0 fully saturated rings. The average Bonchev–Trinajstić information content (AvgIpc) is 2.29. The van der Waals surface area contributed by atoms with Crippen LogP contribution in [0, 0.1) is 5.41 Å². The number of benzene rings is 1. The molecule has 3 heteroatoms. The van der Waals surface area contributed by atoms with Crippen molar-refractivity contribution in [3.63, 3.8) is 0 Å². The molecule has 0 aromatic heterocycles. The lowest BCUT2D eigenvalue weighted by Crippen LogP contribution is -2.27. The van der Waals surface area contributed by atoms with Crippen LogP contribution in [0.1, 0.15) is 18.9 Å². The summed E-state index contributed by atoms with van der Waals surface area (Å²) in [4.78, 5) is 0. The summed E-state index contributed by atoms with van der Waals surface area (Å²) in [7, 11) is 0. The van der Waals surface area contributed by atoms with E-state index in [9.17, 15) is 0 Å². The van der Waals surface area contributed by atoms with Crippen LogP contribution in [0.4, 0.5) is 0 Å². The summed E-state index contributed by atoms with van der Waals surface area (Å²) in [6.45, 7) is 2.11. The molecular weight excluding hydrogens is 250 g/mol. The highest BCUT2D eigenvalue weighted by atomic mass is 35.5. The largest absolute Gasteiger partial charge is 0.126 e. The Kier molecular flexibility index (Phi) is 5.25. The van der Waals surface area contributed by atoms with E-state index >= 15 is 0 Å². The third kappa shape index (κ3) is 3.27. The summed E-state index contributed by atoms with van der Waals surface area (Å²) in [5.74, 6) is 1.14. The standard InChI is InChI=1S/C12H15Cl3/c1-2-12(8-13,9-14)7-10-5-3-4-6-11(10)15/h3-6H,2,7-9H2,1H3. The Morgan fingerprint density at radius 3 is 2.20 bits per heavy atom. The lowest BCUT2D eigenvalue weighted by atomic mass is 9.83. The summed E-state index contributed by atoms with van der Waals surface area (Å²) in [5, 5.41) is 0.797. The molecule has 1 rings (SSSR count). The molecule has 0 unspecified atom stereocenters. The molecule has 0 saturated carbocycles. The first-order valence-corrected chi connectivity index (χ1v) is 6.47. The Hall–Kier alpha value is 0.0900. The van der Waals surface area contributed by atoms with Gasteiger partial charge in [-0.3, -0.25) is 0 Å². The first-order chi connectivity index (χ1) is 7.17. The van der Waals surface area contributed by atoms with Crippen molar-refractivity contribution >= 4 is 34.8 Å². The zero-order chi connectivity index (χ0) is 11.3. The van der Waals surface area contributed by atoms with Crippen molar-refractivity contribution in [3.8, 4) is 0 Å². The van der Waals surface area contributed by atoms with Gasteiger partial charge in [0.25, 0.3) is 0 Å². The number of rotatable bonds is 5. The van der Waals surface area contributed by atoms with Crippen LogP contribution in [0.5, 0.6) is 0 Å². The highest BCUT2D eigenvalue weighted by molar-refractivity contribution is 6.31. The van der Waals surface area contributed by atoms with E-state index in [1.165, 1.54) is 0 Å². The molecule has 0 atom stereocenters. The fourth-order valence-corrected chi connectivity index (χ4v) is 2.55. The van der Waals surface area contributed by atoms with Gasteiger partial charge in [0.05, 0.1) is 0 Å². The molecule has 0 radical (unpaired) electrons. The van der Waals surface area contributed by atoms with E-state index < -0.39 is 0 Å². The van der Waals surface area contributed by atoms with Crippen LogP contribution in [0.3, 0.4) is 0 Å². The van der Waals surface area contributed by atoms with Gasteiger partial charge in [-0.25, -0.2) is 0 Å². The van der Waals surface area contributed by atoms with Gasteiger partial charge in [-0.05, 0) is 24.5 Å². The van der Waals surface area contributed by atoms with Gasteiger partial charge in [-0.1, -0.05) is 36.7 Å². The molecule has 1 aromatic carbocycles. The second-order valence-electron chi connectivity index (χ2n) is 3.89. The Balaban J connectivity index is 2.88. The van der Waals surface area contributed by atoms with Gasteiger partial charge in [0, 0.05) is 22.2 Å². The SMILES string of the molecule is CCC(CCl)(CCl)Cc1ccccc1Cl. The molecule has 0 aliphatic carbocycles. The first-order valence-electron chi connectivity index (χ1n) is 5.03. The number of alkyl halides is 2. The minimum atomic E-state index is -0.0336. The molecule has 0 amide bonds. The third-order valence-electron chi connectivity index (χ3n) is 2.84. The lowest BCUT2D eigenvalue weighted by molar-refractivity contribution is 0.362. The van der Waals surface area contributed by atoms with Crippen LogP contribution in [-0.4, -0.2) is 11.8 Å². The third-order valence-corrected chi connectivity index (χ3v) is 4.34. The number of hydrogen-bond acceptors (Lipinski definition) is 0. The van der Waals surface area contributed by atoms with Crippen molar-refractivity contribution < 1.29 is 0 Å². The number of halogens is 3. The average molecular weight is 266 g/mol. The molecular formula is C12H15Cl3. The molecule has 0 aliphatic rings. The molecule has 0 aliphatic heterocycles. The second kappa shape index (κ2) is 5.98. The summed E-state index contributed by atoms with van der Waals surface area (Å²) < 4.78 is 0. The molecule has 15 heavy (non-hydrogen) atoms. The Morgan fingerprint density at radius 1 is 1.13 bits per heavy atom. The minimum Gasteiger partial charge on any atom is -0.126 e. The van der Waals surface area contributed by atoms with Gasteiger partial charge in [0.1, 0.15) is 0 Å². The van der Waals surface area contributed by atoms with Crippen molar-refractivity contribution in [1.29, 1.82) is 0 Å². The zero-order valence-electron chi connectivity index (χ0n) is 8.77. The van der Waals surface area contributed by atoms with Crippen LogP contribution in [0.25, 0.3) is 0 Å². The van der Waals surface area contributed by atoms with E-state index in [1.54, 1.807) is 0 Å². The van der Waals surface area contributed by atoms with Crippen molar-refractivity contribution in [1.82, 2.24) is 0 Å². The van der Waals surface area contributed by atoms with Gasteiger partial charge in [0.2, 0.25) is 0 Å². The van der Waals surface area contributed by atoms with Gasteiger partial charge in [-0.2, -0.15) is 0 Å². The van der Waals surface area contributed by atoms with Crippen LogP contribution >= 0.6 is 34.8 Å². The van der Waals surface area contributed by atoms with Gasteiger partial charge in [-0.15, -0.1) is 23.2 Å². The molecule has 0 nitrogen and oxygen atoms in total. The fourth-order valence-electron chi connectivity index (χ4n) is 1.49. The molecule has 0 saturated heterocycles. The van der Waals surface area contributed by atoms with Crippen molar-refractivity contribution in [2.24, 2.45) is 5.41 Å².